The molecule has 1 saturated heterocycles. The van der Waals surface area contributed by atoms with E-state index in [0.717, 1.165) is 39.6 Å². The maximum atomic E-state index is 13.9. The Morgan fingerprint density at radius 3 is 2.70 bits per heavy atom. The van der Waals surface area contributed by atoms with Crippen LogP contribution in [-0.2, 0) is 0 Å². The van der Waals surface area contributed by atoms with E-state index in [0.29, 0.717) is 5.56 Å². The maximum absolute atomic E-state index is 13.9. The standard InChI is InChI=1S/C18H18FN3S/c1-12-5-6-13(9-14(12)19)16-10-15-17(23-16)18(21-11-20-15)22-7-3-2-4-8-22/h5-6,9-11H,2-4,7-8H2,1H3. The molecule has 3 aromatic rings. The van der Waals surface area contributed by atoms with Crippen LogP contribution in [0.25, 0.3) is 20.7 Å². The van der Waals surface area contributed by atoms with Crippen LogP contribution in [0.2, 0.25) is 0 Å². The highest BCUT2D eigenvalue weighted by atomic mass is 32.1. The molecule has 1 aliphatic heterocycles. The molecule has 3 heterocycles. The minimum Gasteiger partial charge on any atom is -0.355 e. The SMILES string of the molecule is Cc1ccc(-c2cc3ncnc(N4CCCCC4)c3s2)cc1F. The average Bonchev–Trinajstić information content (AvgIpc) is 3.02. The third-order valence-corrected chi connectivity index (χ3v) is 5.57. The summed E-state index contributed by atoms with van der Waals surface area (Å²) in [5, 5.41) is 0. The van der Waals surface area contributed by atoms with Gasteiger partial charge in [-0.25, -0.2) is 14.4 Å². The number of rotatable bonds is 2. The third-order valence-electron chi connectivity index (χ3n) is 4.40. The fourth-order valence-corrected chi connectivity index (χ4v) is 4.19. The second-order valence-corrected chi connectivity index (χ2v) is 7.09. The molecule has 0 aliphatic carbocycles. The summed E-state index contributed by atoms with van der Waals surface area (Å²) in [6, 6.07) is 7.44. The molecule has 2 aromatic heterocycles. The molecule has 1 aromatic carbocycles. The van der Waals surface area contributed by atoms with Crippen LogP contribution in [0.3, 0.4) is 0 Å². The molecule has 0 saturated carbocycles. The molecule has 0 amide bonds. The number of benzene rings is 1. The Bertz CT molecular complexity index is 853. The first kappa shape index (κ1) is 14.6. The van der Waals surface area contributed by atoms with Gasteiger partial charge >= 0.3 is 0 Å². The van der Waals surface area contributed by atoms with Crippen molar-refractivity contribution >= 4 is 27.4 Å². The van der Waals surface area contributed by atoms with Crippen LogP contribution < -0.4 is 4.90 Å². The molecule has 0 bridgehead atoms. The van der Waals surface area contributed by atoms with E-state index in [1.165, 1.54) is 19.3 Å². The van der Waals surface area contributed by atoms with Crippen molar-refractivity contribution in [3.8, 4) is 10.4 Å². The normalized spacial score (nSPS) is 15.3. The molecule has 3 nitrogen and oxygen atoms in total. The Labute approximate surface area is 138 Å². The minimum atomic E-state index is -0.165. The van der Waals surface area contributed by atoms with Crippen molar-refractivity contribution in [3.05, 3.63) is 42.0 Å². The average molecular weight is 327 g/mol. The predicted octanol–water partition coefficient (Wildman–Crippen LogP) is 4.80. The molecule has 1 fully saturated rings. The summed E-state index contributed by atoms with van der Waals surface area (Å²) in [4.78, 5) is 12.3. The van der Waals surface area contributed by atoms with Crippen LogP contribution in [0.1, 0.15) is 24.8 Å². The van der Waals surface area contributed by atoms with Crippen molar-refractivity contribution in [1.82, 2.24) is 9.97 Å². The van der Waals surface area contributed by atoms with Crippen molar-refractivity contribution in [1.29, 1.82) is 0 Å². The van der Waals surface area contributed by atoms with E-state index >= 15 is 0 Å². The van der Waals surface area contributed by atoms with Gasteiger partial charge in [0.25, 0.3) is 0 Å². The largest absolute Gasteiger partial charge is 0.355 e. The number of fused-ring (bicyclic) bond motifs is 1. The first-order valence-electron chi connectivity index (χ1n) is 7.98. The highest BCUT2D eigenvalue weighted by Crippen LogP contribution is 2.37. The minimum absolute atomic E-state index is 0.165. The Morgan fingerprint density at radius 2 is 1.91 bits per heavy atom. The van der Waals surface area contributed by atoms with Crippen LogP contribution in [0.5, 0.6) is 0 Å². The lowest BCUT2D eigenvalue weighted by atomic mass is 10.1. The predicted molar refractivity (Wildman–Crippen MR) is 93.6 cm³/mol. The molecule has 1 aliphatic rings. The lowest BCUT2D eigenvalue weighted by molar-refractivity contribution is 0.575. The van der Waals surface area contributed by atoms with Gasteiger partial charge in [-0.3, -0.25) is 0 Å². The van der Waals surface area contributed by atoms with E-state index in [1.54, 1.807) is 30.7 Å². The second kappa shape index (κ2) is 5.89. The molecule has 5 heteroatoms. The van der Waals surface area contributed by atoms with Gasteiger partial charge in [0.1, 0.15) is 18.0 Å². The van der Waals surface area contributed by atoms with Crippen molar-refractivity contribution in [2.24, 2.45) is 0 Å². The number of anilines is 1. The van der Waals surface area contributed by atoms with Gasteiger partial charge in [-0.05, 0) is 49.4 Å². The summed E-state index contributed by atoms with van der Waals surface area (Å²) < 4.78 is 15.0. The Balaban J connectivity index is 1.79. The van der Waals surface area contributed by atoms with E-state index in [2.05, 4.69) is 14.9 Å². The van der Waals surface area contributed by atoms with Gasteiger partial charge in [-0.15, -0.1) is 11.3 Å². The van der Waals surface area contributed by atoms with Gasteiger partial charge in [-0.1, -0.05) is 12.1 Å². The quantitative estimate of drug-likeness (QED) is 0.677. The Kier molecular flexibility index (Phi) is 3.73. The summed E-state index contributed by atoms with van der Waals surface area (Å²) >= 11 is 1.65. The van der Waals surface area contributed by atoms with E-state index in [4.69, 9.17) is 0 Å². The van der Waals surface area contributed by atoms with Crippen molar-refractivity contribution < 1.29 is 4.39 Å². The zero-order valence-corrected chi connectivity index (χ0v) is 13.9. The summed E-state index contributed by atoms with van der Waals surface area (Å²) in [6.45, 7) is 3.89. The first-order valence-corrected chi connectivity index (χ1v) is 8.80. The molecule has 0 spiro atoms. The molecule has 0 unspecified atom stereocenters. The fraction of sp³-hybridized carbons (Fsp3) is 0.333. The van der Waals surface area contributed by atoms with E-state index in [9.17, 15) is 4.39 Å². The monoisotopic (exact) mass is 327 g/mol. The summed E-state index contributed by atoms with van der Waals surface area (Å²) in [6.07, 6.45) is 5.36. The molecule has 4 rings (SSSR count). The Morgan fingerprint density at radius 1 is 1.09 bits per heavy atom. The van der Waals surface area contributed by atoms with Gasteiger partial charge in [-0.2, -0.15) is 0 Å². The van der Waals surface area contributed by atoms with Gasteiger partial charge in [0.2, 0.25) is 0 Å². The maximum Gasteiger partial charge on any atom is 0.150 e. The van der Waals surface area contributed by atoms with E-state index in [1.807, 2.05) is 18.2 Å². The van der Waals surface area contributed by atoms with Crippen molar-refractivity contribution in [2.75, 3.05) is 18.0 Å². The molecule has 23 heavy (non-hydrogen) atoms. The van der Waals surface area contributed by atoms with Crippen LogP contribution in [0.4, 0.5) is 10.2 Å². The molecule has 0 N–H and O–H groups in total. The summed E-state index contributed by atoms with van der Waals surface area (Å²) in [5.41, 5.74) is 2.52. The van der Waals surface area contributed by atoms with Gasteiger partial charge < -0.3 is 4.90 Å². The van der Waals surface area contributed by atoms with Crippen molar-refractivity contribution in [2.45, 2.75) is 26.2 Å². The van der Waals surface area contributed by atoms with E-state index < -0.39 is 0 Å². The summed E-state index contributed by atoms with van der Waals surface area (Å²) in [7, 11) is 0. The molecule has 118 valence electrons. The molecular formula is C18H18FN3S. The molecule has 0 atom stereocenters. The number of thiophene rings is 1. The smallest absolute Gasteiger partial charge is 0.150 e. The van der Waals surface area contributed by atoms with Gasteiger partial charge in [0.05, 0.1) is 10.2 Å². The number of hydrogen-bond acceptors (Lipinski definition) is 4. The number of nitrogens with zero attached hydrogens (tertiary/aromatic N) is 3. The zero-order valence-electron chi connectivity index (χ0n) is 13.1. The summed E-state index contributed by atoms with van der Waals surface area (Å²) in [5.74, 6) is 0.862. The second-order valence-electron chi connectivity index (χ2n) is 6.03. The van der Waals surface area contributed by atoms with Crippen LogP contribution in [-0.4, -0.2) is 23.1 Å². The molecular weight excluding hydrogens is 309 g/mol. The van der Waals surface area contributed by atoms with Gasteiger partial charge in [0, 0.05) is 18.0 Å². The lowest BCUT2D eigenvalue weighted by Gasteiger charge is -2.27. The van der Waals surface area contributed by atoms with Crippen LogP contribution in [0, 0.1) is 12.7 Å². The Hall–Kier alpha value is -2.01. The van der Waals surface area contributed by atoms with E-state index in [-0.39, 0.29) is 5.82 Å². The number of halogens is 1. The zero-order chi connectivity index (χ0) is 15.8. The number of aryl methyl sites for hydroxylation is 1. The van der Waals surface area contributed by atoms with Crippen molar-refractivity contribution in [3.63, 3.8) is 0 Å². The lowest BCUT2D eigenvalue weighted by Crippen LogP contribution is -2.30. The molecule has 0 radical (unpaired) electrons. The number of hydrogen-bond donors (Lipinski definition) is 0. The van der Waals surface area contributed by atoms with Crippen LogP contribution in [0.15, 0.2) is 30.6 Å². The van der Waals surface area contributed by atoms with Crippen LogP contribution >= 0.6 is 11.3 Å². The fourth-order valence-electron chi connectivity index (χ4n) is 3.06. The highest BCUT2D eigenvalue weighted by molar-refractivity contribution is 7.22. The topological polar surface area (TPSA) is 29.0 Å². The number of aromatic nitrogens is 2. The third kappa shape index (κ3) is 2.70. The van der Waals surface area contributed by atoms with Gasteiger partial charge in [0.15, 0.2) is 0 Å². The number of piperidine rings is 1. The first-order chi connectivity index (χ1) is 11.2. The highest BCUT2D eigenvalue weighted by Gasteiger charge is 2.18.